The Hall–Kier alpha value is -1.51. The van der Waals surface area contributed by atoms with Gasteiger partial charge in [0, 0.05) is 0 Å². The van der Waals surface area contributed by atoms with Crippen molar-refractivity contribution in [2.24, 2.45) is 5.92 Å². The quantitative estimate of drug-likeness (QED) is 0.874. The number of benzene rings is 1. The third kappa shape index (κ3) is 2.60. The van der Waals surface area contributed by atoms with Gasteiger partial charge in [-0.2, -0.15) is 0 Å². The van der Waals surface area contributed by atoms with Gasteiger partial charge in [0.15, 0.2) is 0 Å². The van der Waals surface area contributed by atoms with E-state index in [0.29, 0.717) is 0 Å². The molecule has 0 amide bonds. The van der Waals surface area contributed by atoms with E-state index in [4.69, 9.17) is 9.84 Å². The van der Waals surface area contributed by atoms with Crippen LogP contribution in [0.4, 0.5) is 0 Å². The van der Waals surface area contributed by atoms with Crippen molar-refractivity contribution >= 4 is 5.97 Å². The zero-order chi connectivity index (χ0) is 12.4. The molecule has 2 unspecified atom stereocenters. The number of carboxylic acids is 1. The topological polar surface area (TPSA) is 46.5 Å². The van der Waals surface area contributed by atoms with E-state index in [9.17, 15) is 4.79 Å². The first-order valence-electron chi connectivity index (χ1n) is 6.04. The van der Waals surface area contributed by atoms with Crippen molar-refractivity contribution in [1.82, 2.24) is 0 Å². The lowest BCUT2D eigenvalue weighted by molar-refractivity contribution is -0.143. The molecule has 0 heterocycles. The van der Waals surface area contributed by atoms with Crippen molar-refractivity contribution in [1.29, 1.82) is 0 Å². The van der Waals surface area contributed by atoms with Crippen LogP contribution in [0, 0.1) is 19.8 Å². The minimum absolute atomic E-state index is 0.172. The normalized spacial score (nSPS) is 23.6. The van der Waals surface area contributed by atoms with Gasteiger partial charge >= 0.3 is 5.97 Å². The Kier molecular flexibility index (Phi) is 3.36. The molecule has 1 fully saturated rings. The Bertz CT molecular complexity index is 425. The molecule has 1 N–H and O–H groups in total. The standard InChI is InChI=1S/C14H18O3/c1-9-6-7-11(8-10(9)2)17-13-5-3-4-12(13)14(15)16/h6-8,12-13H,3-5H2,1-2H3,(H,15,16). The van der Waals surface area contributed by atoms with E-state index in [1.165, 1.54) is 11.1 Å². The summed E-state index contributed by atoms with van der Waals surface area (Å²) in [6, 6.07) is 5.90. The fourth-order valence-corrected chi connectivity index (χ4v) is 2.31. The first-order chi connectivity index (χ1) is 8.08. The van der Waals surface area contributed by atoms with Crippen LogP contribution >= 0.6 is 0 Å². The van der Waals surface area contributed by atoms with E-state index in [2.05, 4.69) is 6.92 Å². The molecule has 1 saturated carbocycles. The maximum atomic E-state index is 11.0. The Labute approximate surface area is 101 Å². The van der Waals surface area contributed by atoms with Crippen molar-refractivity contribution in [3.8, 4) is 5.75 Å². The number of carboxylic acid groups (broad SMARTS) is 1. The number of carbonyl (C=O) groups is 1. The lowest BCUT2D eigenvalue weighted by Gasteiger charge is -2.18. The lowest BCUT2D eigenvalue weighted by atomic mass is 10.1. The Morgan fingerprint density at radius 3 is 2.71 bits per heavy atom. The molecule has 0 radical (unpaired) electrons. The highest BCUT2D eigenvalue weighted by atomic mass is 16.5. The monoisotopic (exact) mass is 234 g/mol. The molecule has 3 heteroatoms. The molecule has 0 bridgehead atoms. The number of hydrogen-bond donors (Lipinski definition) is 1. The molecule has 92 valence electrons. The van der Waals surface area contributed by atoms with Gasteiger partial charge in [-0.25, -0.2) is 0 Å². The van der Waals surface area contributed by atoms with Gasteiger partial charge in [-0.1, -0.05) is 6.07 Å². The summed E-state index contributed by atoms with van der Waals surface area (Å²) in [6.45, 7) is 4.08. The molecule has 1 aromatic rings. The molecule has 17 heavy (non-hydrogen) atoms. The van der Waals surface area contributed by atoms with E-state index in [1.54, 1.807) is 0 Å². The average molecular weight is 234 g/mol. The average Bonchev–Trinajstić information content (AvgIpc) is 2.72. The largest absolute Gasteiger partial charge is 0.490 e. The van der Waals surface area contributed by atoms with E-state index < -0.39 is 5.97 Å². The highest BCUT2D eigenvalue weighted by molar-refractivity contribution is 5.71. The van der Waals surface area contributed by atoms with Gasteiger partial charge in [0.25, 0.3) is 0 Å². The second-order valence-electron chi connectivity index (χ2n) is 4.78. The zero-order valence-corrected chi connectivity index (χ0v) is 10.3. The van der Waals surface area contributed by atoms with E-state index in [-0.39, 0.29) is 12.0 Å². The highest BCUT2D eigenvalue weighted by Gasteiger charge is 2.34. The van der Waals surface area contributed by atoms with Crippen LogP contribution < -0.4 is 4.74 Å². The molecule has 1 aliphatic rings. The zero-order valence-electron chi connectivity index (χ0n) is 10.3. The summed E-state index contributed by atoms with van der Waals surface area (Å²) in [4.78, 5) is 11.0. The molecule has 0 aliphatic heterocycles. The number of rotatable bonds is 3. The second kappa shape index (κ2) is 4.78. The predicted octanol–water partition coefficient (Wildman–Crippen LogP) is 2.94. The maximum absolute atomic E-state index is 11.0. The first kappa shape index (κ1) is 12.0. The van der Waals surface area contributed by atoms with Crippen LogP contribution in [0.5, 0.6) is 5.75 Å². The summed E-state index contributed by atoms with van der Waals surface area (Å²) in [5, 5.41) is 9.08. The molecule has 2 rings (SSSR count). The minimum atomic E-state index is -0.740. The van der Waals surface area contributed by atoms with Crippen LogP contribution in [0.15, 0.2) is 18.2 Å². The summed E-state index contributed by atoms with van der Waals surface area (Å²) in [7, 11) is 0. The van der Waals surface area contributed by atoms with Gasteiger partial charge in [-0.3, -0.25) is 4.79 Å². The van der Waals surface area contributed by atoms with Crippen LogP contribution in [0.3, 0.4) is 0 Å². The van der Waals surface area contributed by atoms with Crippen molar-refractivity contribution < 1.29 is 14.6 Å². The van der Waals surface area contributed by atoms with Gasteiger partial charge in [-0.05, 0) is 56.4 Å². The highest BCUT2D eigenvalue weighted by Crippen LogP contribution is 2.30. The molecular weight excluding hydrogens is 216 g/mol. The maximum Gasteiger partial charge on any atom is 0.310 e. The summed E-state index contributed by atoms with van der Waals surface area (Å²) < 4.78 is 5.80. The van der Waals surface area contributed by atoms with Crippen LogP contribution in [0.1, 0.15) is 30.4 Å². The van der Waals surface area contributed by atoms with Gasteiger partial charge in [0.2, 0.25) is 0 Å². The van der Waals surface area contributed by atoms with Crippen LogP contribution in [0.2, 0.25) is 0 Å². The van der Waals surface area contributed by atoms with E-state index >= 15 is 0 Å². The predicted molar refractivity (Wildman–Crippen MR) is 65.3 cm³/mol. The Morgan fingerprint density at radius 2 is 2.06 bits per heavy atom. The number of aliphatic carboxylic acids is 1. The molecule has 3 nitrogen and oxygen atoms in total. The van der Waals surface area contributed by atoms with E-state index in [0.717, 1.165) is 25.0 Å². The van der Waals surface area contributed by atoms with Crippen molar-refractivity contribution in [3.05, 3.63) is 29.3 Å². The molecule has 0 spiro atoms. The number of ether oxygens (including phenoxy) is 1. The Balaban J connectivity index is 2.09. The van der Waals surface area contributed by atoms with Crippen LogP contribution in [0.25, 0.3) is 0 Å². The summed E-state index contributed by atoms with van der Waals surface area (Å²) >= 11 is 0. The summed E-state index contributed by atoms with van der Waals surface area (Å²) in [5.41, 5.74) is 2.39. The summed E-state index contributed by atoms with van der Waals surface area (Å²) in [5.74, 6) is -0.306. The minimum Gasteiger partial charge on any atom is -0.490 e. The molecule has 0 saturated heterocycles. The molecule has 1 aromatic carbocycles. The number of hydrogen-bond acceptors (Lipinski definition) is 2. The number of aryl methyl sites for hydroxylation is 2. The molecule has 0 aromatic heterocycles. The van der Waals surface area contributed by atoms with E-state index in [1.807, 2.05) is 25.1 Å². The SMILES string of the molecule is Cc1ccc(OC2CCCC2C(=O)O)cc1C. The van der Waals surface area contributed by atoms with Gasteiger partial charge < -0.3 is 9.84 Å². The van der Waals surface area contributed by atoms with Crippen LogP contribution in [-0.4, -0.2) is 17.2 Å². The Morgan fingerprint density at radius 1 is 1.29 bits per heavy atom. The fourth-order valence-electron chi connectivity index (χ4n) is 2.31. The van der Waals surface area contributed by atoms with Crippen molar-refractivity contribution in [2.45, 2.75) is 39.2 Å². The first-order valence-corrected chi connectivity index (χ1v) is 6.04. The fraction of sp³-hybridized carbons (Fsp3) is 0.500. The smallest absolute Gasteiger partial charge is 0.310 e. The third-order valence-electron chi connectivity index (χ3n) is 3.54. The van der Waals surface area contributed by atoms with Crippen molar-refractivity contribution in [3.63, 3.8) is 0 Å². The molecule has 1 aliphatic carbocycles. The van der Waals surface area contributed by atoms with Gasteiger partial charge in [0.05, 0.1) is 5.92 Å². The van der Waals surface area contributed by atoms with Gasteiger partial charge in [0.1, 0.15) is 11.9 Å². The molecular formula is C14H18O3. The van der Waals surface area contributed by atoms with Crippen molar-refractivity contribution in [2.75, 3.05) is 0 Å². The van der Waals surface area contributed by atoms with Gasteiger partial charge in [-0.15, -0.1) is 0 Å². The summed E-state index contributed by atoms with van der Waals surface area (Å²) in [6.07, 6.45) is 2.33. The molecule has 2 atom stereocenters. The second-order valence-corrected chi connectivity index (χ2v) is 4.78. The third-order valence-corrected chi connectivity index (χ3v) is 3.54. The van der Waals surface area contributed by atoms with Crippen LogP contribution in [-0.2, 0) is 4.79 Å². The lowest BCUT2D eigenvalue weighted by Crippen LogP contribution is -2.27.